The molecule has 100 valence electrons. The first-order chi connectivity index (χ1) is 8.55. The molecule has 18 heavy (non-hydrogen) atoms. The fraction of sp³-hybridized carbons (Fsp3) is 0.769. The molecule has 0 saturated heterocycles. The maximum absolute atomic E-state index is 12.5. The number of likely N-dealkylation sites (N-methyl/N-ethyl adjacent to an activating group) is 1. The van der Waals surface area contributed by atoms with E-state index in [1.54, 1.807) is 6.92 Å². The maximum Gasteiger partial charge on any atom is 0.243 e. The average molecular weight is 251 g/mol. The van der Waals surface area contributed by atoms with Crippen LogP contribution in [0.4, 0.5) is 0 Å². The highest BCUT2D eigenvalue weighted by Gasteiger charge is 2.41. The van der Waals surface area contributed by atoms with Crippen molar-refractivity contribution < 1.29 is 9.59 Å². The van der Waals surface area contributed by atoms with E-state index in [9.17, 15) is 14.9 Å². The fourth-order valence-electron chi connectivity index (χ4n) is 2.52. The van der Waals surface area contributed by atoms with Crippen LogP contribution in [0.15, 0.2) is 0 Å². The number of rotatable bonds is 4. The van der Waals surface area contributed by atoms with Crippen molar-refractivity contribution in [3.8, 4) is 6.07 Å². The van der Waals surface area contributed by atoms with Crippen LogP contribution in [0, 0.1) is 16.7 Å². The summed E-state index contributed by atoms with van der Waals surface area (Å²) in [4.78, 5) is 24.8. The standard InChI is InChI=1S/C13H21N3O2/c1-2-16(9-11(15)17)12(18)13(10-14)7-5-3-4-6-8-13/h2-9H2,1H3,(H2,15,17). The predicted molar refractivity (Wildman–Crippen MR) is 67.2 cm³/mol. The van der Waals surface area contributed by atoms with Gasteiger partial charge in [0.05, 0.1) is 12.6 Å². The number of primary amides is 1. The van der Waals surface area contributed by atoms with Crippen molar-refractivity contribution in [2.75, 3.05) is 13.1 Å². The van der Waals surface area contributed by atoms with Gasteiger partial charge < -0.3 is 10.6 Å². The van der Waals surface area contributed by atoms with Crippen LogP contribution in [0.25, 0.3) is 0 Å². The lowest BCUT2D eigenvalue weighted by atomic mass is 9.80. The minimum absolute atomic E-state index is 0.0984. The number of nitriles is 1. The van der Waals surface area contributed by atoms with E-state index in [1.165, 1.54) is 4.90 Å². The number of carbonyl (C=O) groups excluding carboxylic acids is 2. The largest absolute Gasteiger partial charge is 0.368 e. The Balaban J connectivity index is 2.88. The highest BCUT2D eigenvalue weighted by atomic mass is 16.2. The Hall–Kier alpha value is -1.57. The van der Waals surface area contributed by atoms with E-state index in [4.69, 9.17) is 5.73 Å². The van der Waals surface area contributed by atoms with E-state index in [0.29, 0.717) is 19.4 Å². The first-order valence-corrected chi connectivity index (χ1v) is 6.54. The summed E-state index contributed by atoms with van der Waals surface area (Å²) in [6, 6.07) is 2.20. The topological polar surface area (TPSA) is 87.2 Å². The SMILES string of the molecule is CCN(CC(N)=O)C(=O)C1(C#N)CCCCCC1. The highest BCUT2D eigenvalue weighted by molar-refractivity contribution is 5.89. The second-order valence-corrected chi connectivity index (χ2v) is 4.89. The minimum atomic E-state index is -0.942. The molecule has 1 saturated carbocycles. The number of hydrogen-bond donors (Lipinski definition) is 1. The van der Waals surface area contributed by atoms with Crippen LogP contribution in [0.3, 0.4) is 0 Å². The van der Waals surface area contributed by atoms with Crippen LogP contribution in [0.1, 0.15) is 45.4 Å². The Kier molecular flexibility index (Phi) is 5.14. The van der Waals surface area contributed by atoms with Gasteiger partial charge in [-0.1, -0.05) is 25.7 Å². The van der Waals surface area contributed by atoms with Gasteiger partial charge in [0.1, 0.15) is 5.41 Å². The van der Waals surface area contributed by atoms with Crippen LogP contribution in [-0.4, -0.2) is 29.8 Å². The van der Waals surface area contributed by atoms with Crippen molar-refractivity contribution in [3.05, 3.63) is 0 Å². The Bertz CT molecular complexity index is 352. The van der Waals surface area contributed by atoms with Gasteiger partial charge in [-0.3, -0.25) is 9.59 Å². The van der Waals surface area contributed by atoms with Crippen molar-refractivity contribution >= 4 is 11.8 Å². The van der Waals surface area contributed by atoms with Crippen molar-refractivity contribution in [1.29, 1.82) is 5.26 Å². The van der Waals surface area contributed by atoms with E-state index in [-0.39, 0.29) is 12.5 Å². The molecular formula is C13H21N3O2. The lowest BCUT2D eigenvalue weighted by Crippen LogP contribution is -2.46. The molecule has 0 heterocycles. The summed E-state index contributed by atoms with van der Waals surface area (Å²) in [5.74, 6) is -0.764. The van der Waals surface area contributed by atoms with Gasteiger partial charge in [0.15, 0.2) is 0 Å². The molecule has 5 heteroatoms. The summed E-state index contributed by atoms with van der Waals surface area (Å²) in [7, 11) is 0. The lowest BCUT2D eigenvalue weighted by Gasteiger charge is -2.30. The lowest BCUT2D eigenvalue weighted by molar-refractivity contribution is -0.142. The molecule has 5 nitrogen and oxygen atoms in total. The van der Waals surface area contributed by atoms with Crippen LogP contribution in [0.5, 0.6) is 0 Å². The number of nitrogens with two attached hydrogens (primary N) is 1. The molecule has 1 rings (SSSR count). The second kappa shape index (κ2) is 6.39. The first kappa shape index (κ1) is 14.5. The monoisotopic (exact) mass is 251 g/mol. The number of hydrogen-bond acceptors (Lipinski definition) is 3. The smallest absolute Gasteiger partial charge is 0.243 e. The first-order valence-electron chi connectivity index (χ1n) is 6.54. The van der Waals surface area contributed by atoms with Crippen molar-refractivity contribution in [1.82, 2.24) is 4.90 Å². The molecule has 1 aliphatic carbocycles. The molecule has 2 N–H and O–H groups in total. The predicted octanol–water partition coefficient (Wildman–Crippen LogP) is 1.18. The summed E-state index contributed by atoms with van der Waals surface area (Å²) in [6.45, 7) is 2.10. The molecule has 0 aliphatic heterocycles. The molecule has 1 fully saturated rings. The van der Waals surface area contributed by atoms with Gasteiger partial charge in [-0.15, -0.1) is 0 Å². The molecule has 2 amide bonds. The molecule has 0 aromatic rings. The highest BCUT2D eigenvalue weighted by Crippen LogP contribution is 2.36. The van der Waals surface area contributed by atoms with Gasteiger partial charge in [0.25, 0.3) is 0 Å². The quantitative estimate of drug-likeness (QED) is 0.761. The van der Waals surface area contributed by atoms with Gasteiger partial charge in [-0.05, 0) is 19.8 Å². The Morgan fingerprint density at radius 1 is 1.28 bits per heavy atom. The third-order valence-corrected chi connectivity index (χ3v) is 3.60. The molecule has 0 aromatic heterocycles. The van der Waals surface area contributed by atoms with Crippen molar-refractivity contribution in [3.63, 3.8) is 0 Å². The third-order valence-electron chi connectivity index (χ3n) is 3.60. The van der Waals surface area contributed by atoms with Crippen LogP contribution < -0.4 is 5.73 Å². The summed E-state index contributed by atoms with van der Waals surface area (Å²) in [5.41, 5.74) is 4.19. The van der Waals surface area contributed by atoms with Gasteiger partial charge in [-0.2, -0.15) is 5.26 Å². The molecule has 0 radical (unpaired) electrons. The maximum atomic E-state index is 12.5. The number of nitrogens with zero attached hydrogens (tertiary/aromatic N) is 2. The van der Waals surface area contributed by atoms with E-state index in [2.05, 4.69) is 6.07 Å². The molecule has 0 atom stereocenters. The number of carbonyl (C=O) groups is 2. The normalized spacial score (nSPS) is 18.4. The molecule has 1 aliphatic rings. The summed E-state index contributed by atoms with van der Waals surface area (Å²) >= 11 is 0. The summed E-state index contributed by atoms with van der Waals surface area (Å²) in [5, 5.41) is 9.40. The third kappa shape index (κ3) is 3.22. The zero-order chi connectivity index (χ0) is 13.6. The van der Waals surface area contributed by atoms with Crippen LogP contribution in [0.2, 0.25) is 0 Å². The fourth-order valence-corrected chi connectivity index (χ4v) is 2.52. The van der Waals surface area contributed by atoms with Crippen LogP contribution in [-0.2, 0) is 9.59 Å². The minimum Gasteiger partial charge on any atom is -0.368 e. The zero-order valence-electron chi connectivity index (χ0n) is 10.9. The number of amides is 2. The van der Waals surface area contributed by atoms with Crippen molar-refractivity contribution in [2.45, 2.75) is 45.4 Å². The molecule has 0 spiro atoms. The van der Waals surface area contributed by atoms with Gasteiger partial charge in [0, 0.05) is 6.54 Å². The van der Waals surface area contributed by atoms with E-state index in [1.807, 2.05) is 0 Å². The summed E-state index contributed by atoms with van der Waals surface area (Å²) in [6.07, 6.45) is 5.12. The van der Waals surface area contributed by atoms with Gasteiger partial charge >= 0.3 is 0 Å². The van der Waals surface area contributed by atoms with E-state index in [0.717, 1.165) is 25.7 Å². The summed E-state index contributed by atoms with van der Waals surface area (Å²) < 4.78 is 0. The zero-order valence-corrected chi connectivity index (χ0v) is 10.9. The van der Waals surface area contributed by atoms with Gasteiger partial charge in [-0.25, -0.2) is 0 Å². The molecule has 0 unspecified atom stereocenters. The Morgan fingerprint density at radius 3 is 2.22 bits per heavy atom. The molecule has 0 bridgehead atoms. The second-order valence-electron chi connectivity index (χ2n) is 4.89. The van der Waals surface area contributed by atoms with E-state index >= 15 is 0 Å². The van der Waals surface area contributed by atoms with Gasteiger partial charge in [0.2, 0.25) is 11.8 Å². The molecular weight excluding hydrogens is 230 g/mol. The Labute approximate surface area is 108 Å². The average Bonchev–Trinajstić information content (AvgIpc) is 2.61. The Morgan fingerprint density at radius 2 is 1.83 bits per heavy atom. The van der Waals surface area contributed by atoms with E-state index < -0.39 is 11.3 Å². The molecule has 0 aromatic carbocycles. The van der Waals surface area contributed by atoms with Crippen molar-refractivity contribution in [2.24, 2.45) is 11.1 Å². The van der Waals surface area contributed by atoms with Crippen LogP contribution >= 0.6 is 0 Å².